The standard InChI is InChI=1S/C20H23Cl2NO2/c1-4-18(15-6-9-19(25-3)13(2)11-15)23-20(24)10-7-14-5-8-16(21)12-17(14)22/h5-6,8-9,11-12,18H,4,7,10H2,1-3H3,(H,23,24)/t18-/m1/s1. The van der Waals surface area contributed by atoms with Crippen LogP contribution in [0.2, 0.25) is 10.0 Å². The summed E-state index contributed by atoms with van der Waals surface area (Å²) in [5.41, 5.74) is 3.06. The number of ether oxygens (including phenoxy) is 1. The van der Waals surface area contributed by atoms with Crippen LogP contribution in [0.5, 0.6) is 5.75 Å². The summed E-state index contributed by atoms with van der Waals surface area (Å²) in [6.07, 6.45) is 1.78. The van der Waals surface area contributed by atoms with Gasteiger partial charge in [0.1, 0.15) is 5.75 Å². The topological polar surface area (TPSA) is 38.3 Å². The van der Waals surface area contributed by atoms with Gasteiger partial charge in [0, 0.05) is 16.5 Å². The molecule has 2 rings (SSSR count). The number of aryl methyl sites for hydroxylation is 2. The lowest BCUT2D eigenvalue weighted by molar-refractivity contribution is -0.121. The molecule has 0 aliphatic rings. The number of amides is 1. The van der Waals surface area contributed by atoms with Gasteiger partial charge in [0.15, 0.2) is 0 Å². The van der Waals surface area contributed by atoms with Crippen molar-refractivity contribution in [2.45, 2.75) is 39.2 Å². The van der Waals surface area contributed by atoms with Crippen molar-refractivity contribution in [3.8, 4) is 5.75 Å². The highest BCUT2D eigenvalue weighted by atomic mass is 35.5. The molecule has 2 aromatic rings. The lowest BCUT2D eigenvalue weighted by atomic mass is 10.0. The van der Waals surface area contributed by atoms with Crippen LogP contribution in [0, 0.1) is 6.92 Å². The highest BCUT2D eigenvalue weighted by Crippen LogP contribution is 2.25. The third-order valence-corrected chi connectivity index (χ3v) is 4.79. The van der Waals surface area contributed by atoms with Gasteiger partial charge in [-0.15, -0.1) is 0 Å². The number of rotatable bonds is 7. The van der Waals surface area contributed by atoms with Crippen molar-refractivity contribution in [2.24, 2.45) is 0 Å². The van der Waals surface area contributed by atoms with Crippen molar-refractivity contribution in [2.75, 3.05) is 7.11 Å². The lowest BCUT2D eigenvalue weighted by Crippen LogP contribution is -2.28. The van der Waals surface area contributed by atoms with Crippen LogP contribution in [0.15, 0.2) is 36.4 Å². The third-order valence-electron chi connectivity index (χ3n) is 4.20. The molecule has 0 saturated heterocycles. The minimum absolute atomic E-state index is 0.00587. The van der Waals surface area contributed by atoms with Gasteiger partial charge in [0.05, 0.1) is 13.2 Å². The van der Waals surface area contributed by atoms with Crippen molar-refractivity contribution in [1.29, 1.82) is 0 Å². The van der Waals surface area contributed by atoms with Crippen LogP contribution < -0.4 is 10.1 Å². The Morgan fingerprint density at radius 3 is 2.56 bits per heavy atom. The highest BCUT2D eigenvalue weighted by molar-refractivity contribution is 6.35. The van der Waals surface area contributed by atoms with E-state index in [1.165, 1.54) is 0 Å². The number of hydrogen-bond acceptors (Lipinski definition) is 2. The smallest absolute Gasteiger partial charge is 0.220 e. The molecule has 0 fully saturated rings. The van der Waals surface area contributed by atoms with E-state index in [2.05, 4.69) is 18.3 Å². The maximum Gasteiger partial charge on any atom is 0.220 e. The van der Waals surface area contributed by atoms with Gasteiger partial charge in [-0.1, -0.05) is 48.3 Å². The van der Waals surface area contributed by atoms with Gasteiger partial charge >= 0.3 is 0 Å². The molecule has 5 heteroatoms. The zero-order chi connectivity index (χ0) is 18.4. The number of hydrogen-bond donors (Lipinski definition) is 1. The molecule has 0 spiro atoms. The summed E-state index contributed by atoms with van der Waals surface area (Å²) in [4.78, 5) is 12.3. The van der Waals surface area contributed by atoms with Crippen LogP contribution in [0.1, 0.15) is 42.5 Å². The number of methoxy groups -OCH3 is 1. The van der Waals surface area contributed by atoms with Crippen molar-refractivity contribution in [3.05, 3.63) is 63.1 Å². The van der Waals surface area contributed by atoms with E-state index in [-0.39, 0.29) is 11.9 Å². The number of carbonyl (C=O) groups is 1. The highest BCUT2D eigenvalue weighted by Gasteiger charge is 2.14. The minimum Gasteiger partial charge on any atom is -0.496 e. The Hall–Kier alpha value is -1.71. The molecular formula is C20H23Cl2NO2. The molecule has 1 amide bonds. The molecule has 0 saturated carbocycles. The first-order chi connectivity index (χ1) is 11.9. The zero-order valence-corrected chi connectivity index (χ0v) is 16.2. The monoisotopic (exact) mass is 379 g/mol. The average Bonchev–Trinajstić information content (AvgIpc) is 2.58. The number of nitrogens with one attached hydrogen (secondary N) is 1. The second kappa shape index (κ2) is 9.12. The van der Waals surface area contributed by atoms with E-state index in [4.69, 9.17) is 27.9 Å². The number of benzene rings is 2. The van der Waals surface area contributed by atoms with E-state index in [0.29, 0.717) is 22.9 Å². The SMILES string of the molecule is CC[C@@H](NC(=O)CCc1ccc(Cl)cc1Cl)c1ccc(OC)c(C)c1. The molecular weight excluding hydrogens is 357 g/mol. The molecule has 0 radical (unpaired) electrons. The van der Waals surface area contributed by atoms with Gasteiger partial charge in [-0.05, 0) is 54.7 Å². The fourth-order valence-corrected chi connectivity index (χ4v) is 3.28. The molecule has 0 aromatic heterocycles. The van der Waals surface area contributed by atoms with Gasteiger partial charge < -0.3 is 10.1 Å². The fraction of sp³-hybridized carbons (Fsp3) is 0.350. The largest absolute Gasteiger partial charge is 0.496 e. The lowest BCUT2D eigenvalue weighted by Gasteiger charge is -2.19. The number of carbonyl (C=O) groups excluding carboxylic acids is 1. The molecule has 0 aliphatic heterocycles. The first-order valence-corrected chi connectivity index (χ1v) is 9.08. The van der Waals surface area contributed by atoms with Crippen LogP contribution >= 0.6 is 23.2 Å². The maximum atomic E-state index is 12.3. The Labute approximate surface area is 159 Å². The summed E-state index contributed by atoms with van der Waals surface area (Å²) in [6.45, 7) is 4.06. The molecule has 0 heterocycles. The minimum atomic E-state index is -0.0159. The van der Waals surface area contributed by atoms with Crippen LogP contribution in [-0.4, -0.2) is 13.0 Å². The van der Waals surface area contributed by atoms with Gasteiger partial charge in [0.2, 0.25) is 5.91 Å². The molecule has 0 unspecified atom stereocenters. The molecule has 25 heavy (non-hydrogen) atoms. The Morgan fingerprint density at radius 2 is 1.96 bits per heavy atom. The summed E-state index contributed by atoms with van der Waals surface area (Å²) < 4.78 is 5.29. The van der Waals surface area contributed by atoms with Crippen molar-refractivity contribution >= 4 is 29.1 Å². The third kappa shape index (κ3) is 5.38. The molecule has 134 valence electrons. The molecule has 0 bridgehead atoms. The second-order valence-corrected chi connectivity index (χ2v) is 6.84. The quantitative estimate of drug-likeness (QED) is 0.688. The zero-order valence-electron chi connectivity index (χ0n) is 14.7. The summed E-state index contributed by atoms with van der Waals surface area (Å²) in [7, 11) is 1.66. The van der Waals surface area contributed by atoms with Gasteiger partial charge in [-0.25, -0.2) is 0 Å². The first kappa shape index (κ1) is 19.6. The summed E-state index contributed by atoms with van der Waals surface area (Å²) >= 11 is 12.1. The van der Waals surface area contributed by atoms with E-state index in [9.17, 15) is 4.79 Å². The van der Waals surface area contributed by atoms with E-state index in [0.717, 1.165) is 28.9 Å². The van der Waals surface area contributed by atoms with Crippen LogP contribution in [0.25, 0.3) is 0 Å². The van der Waals surface area contributed by atoms with Crippen LogP contribution in [0.4, 0.5) is 0 Å². The normalized spacial score (nSPS) is 11.9. The maximum absolute atomic E-state index is 12.3. The fourth-order valence-electron chi connectivity index (χ4n) is 2.78. The Morgan fingerprint density at radius 1 is 1.20 bits per heavy atom. The molecule has 1 N–H and O–H groups in total. The van der Waals surface area contributed by atoms with Crippen molar-refractivity contribution < 1.29 is 9.53 Å². The molecule has 1 atom stereocenters. The Bertz CT molecular complexity index is 746. The molecule has 3 nitrogen and oxygen atoms in total. The van der Waals surface area contributed by atoms with E-state index >= 15 is 0 Å². The first-order valence-electron chi connectivity index (χ1n) is 8.32. The molecule has 2 aromatic carbocycles. The summed E-state index contributed by atoms with van der Waals surface area (Å²) in [5.74, 6) is 0.855. The number of halogens is 2. The summed E-state index contributed by atoms with van der Waals surface area (Å²) in [6, 6.07) is 11.3. The van der Waals surface area contributed by atoms with E-state index in [1.54, 1.807) is 19.2 Å². The van der Waals surface area contributed by atoms with Gasteiger partial charge in [-0.3, -0.25) is 4.79 Å². The second-order valence-electron chi connectivity index (χ2n) is 5.99. The summed E-state index contributed by atoms with van der Waals surface area (Å²) in [5, 5.41) is 4.29. The van der Waals surface area contributed by atoms with E-state index < -0.39 is 0 Å². The predicted molar refractivity (Wildman–Crippen MR) is 104 cm³/mol. The average molecular weight is 380 g/mol. The predicted octanol–water partition coefficient (Wildman–Crippen LogP) is 5.51. The van der Waals surface area contributed by atoms with Crippen LogP contribution in [0.3, 0.4) is 0 Å². The van der Waals surface area contributed by atoms with Gasteiger partial charge in [-0.2, -0.15) is 0 Å². The van der Waals surface area contributed by atoms with E-state index in [1.807, 2.05) is 25.1 Å². The molecule has 0 aliphatic carbocycles. The Balaban J connectivity index is 1.98. The Kier molecular flexibility index (Phi) is 7.15. The van der Waals surface area contributed by atoms with Crippen LogP contribution in [-0.2, 0) is 11.2 Å². The van der Waals surface area contributed by atoms with Gasteiger partial charge in [0.25, 0.3) is 0 Å². The van der Waals surface area contributed by atoms with Crippen molar-refractivity contribution in [1.82, 2.24) is 5.32 Å². The van der Waals surface area contributed by atoms with Crippen molar-refractivity contribution in [3.63, 3.8) is 0 Å².